The van der Waals surface area contributed by atoms with E-state index in [0.717, 1.165) is 24.2 Å². The van der Waals surface area contributed by atoms with Crippen LogP contribution in [0.3, 0.4) is 0 Å². The van der Waals surface area contributed by atoms with Crippen LogP contribution in [0.25, 0.3) is 0 Å². The fraction of sp³-hybridized carbons (Fsp3) is 0.381. The van der Waals surface area contributed by atoms with Crippen molar-refractivity contribution in [1.29, 1.82) is 0 Å². The lowest BCUT2D eigenvalue weighted by Crippen LogP contribution is -2.48. The van der Waals surface area contributed by atoms with Crippen LogP contribution in [0.2, 0.25) is 0 Å². The highest BCUT2D eigenvalue weighted by Gasteiger charge is 2.23. The van der Waals surface area contributed by atoms with Gasteiger partial charge in [0, 0.05) is 45.2 Å². The molecule has 1 saturated heterocycles. The molecule has 2 aromatic carbocycles. The van der Waals surface area contributed by atoms with Crippen LogP contribution in [-0.4, -0.2) is 49.0 Å². The van der Waals surface area contributed by atoms with Crippen molar-refractivity contribution >= 4 is 30.7 Å². The van der Waals surface area contributed by atoms with Crippen molar-refractivity contribution in [2.75, 3.05) is 33.3 Å². The lowest BCUT2D eigenvalue weighted by atomic mass is 10.0. The zero-order valence-corrected chi connectivity index (χ0v) is 18.1. The van der Waals surface area contributed by atoms with Gasteiger partial charge in [-0.25, -0.2) is 4.39 Å². The standard InChI is InChI=1S/C21H26FN3O2.2ClH/c1-27-20-8-7-16(13-18(20)22)15-24-9-11-25(12-10-24)21(26)14-19(23)17-5-3-2-4-6-17;;/h2-8,13,19H,9-12,14-15,23H2,1H3;2*1H. The molecule has 2 N–H and O–H groups in total. The Bertz CT molecular complexity index is 772. The van der Waals surface area contributed by atoms with E-state index in [1.54, 1.807) is 6.07 Å². The molecule has 1 heterocycles. The van der Waals surface area contributed by atoms with Gasteiger partial charge in [-0.15, -0.1) is 24.8 Å². The highest BCUT2D eigenvalue weighted by Crippen LogP contribution is 2.20. The Balaban J connectivity index is 0.00000210. The van der Waals surface area contributed by atoms with Crippen molar-refractivity contribution in [2.24, 2.45) is 5.73 Å². The van der Waals surface area contributed by atoms with Crippen LogP contribution in [0.15, 0.2) is 48.5 Å². The van der Waals surface area contributed by atoms with Crippen LogP contribution in [-0.2, 0) is 11.3 Å². The molecule has 160 valence electrons. The van der Waals surface area contributed by atoms with Gasteiger partial charge < -0.3 is 15.4 Å². The van der Waals surface area contributed by atoms with Crippen LogP contribution < -0.4 is 10.5 Å². The minimum atomic E-state index is -0.348. The molecule has 0 saturated carbocycles. The van der Waals surface area contributed by atoms with Gasteiger partial charge in [0.15, 0.2) is 11.6 Å². The first-order valence-corrected chi connectivity index (χ1v) is 9.20. The lowest BCUT2D eigenvalue weighted by Gasteiger charge is -2.35. The van der Waals surface area contributed by atoms with Crippen LogP contribution in [0, 0.1) is 5.82 Å². The van der Waals surface area contributed by atoms with Crippen molar-refractivity contribution in [3.8, 4) is 5.75 Å². The molecule has 8 heteroatoms. The van der Waals surface area contributed by atoms with Gasteiger partial charge in [0.2, 0.25) is 5.91 Å². The first-order valence-electron chi connectivity index (χ1n) is 9.20. The molecule has 1 atom stereocenters. The van der Waals surface area contributed by atoms with E-state index < -0.39 is 0 Å². The van der Waals surface area contributed by atoms with Gasteiger partial charge in [-0.1, -0.05) is 36.4 Å². The Morgan fingerprint density at radius 1 is 1.10 bits per heavy atom. The van der Waals surface area contributed by atoms with Gasteiger partial charge in [-0.05, 0) is 23.3 Å². The molecule has 1 amide bonds. The summed E-state index contributed by atoms with van der Waals surface area (Å²) < 4.78 is 18.8. The minimum Gasteiger partial charge on any atom is -0.494 e. The van der Waals surface area contributed by atoms with Crippen molar-refractivity contribution in [3.63, 3.8) is 0 Å². The number of hydrogen-bond donors (Lipinski definition) is 1. The van der Waals surface area contributed by atoms with E-state index in [1.807, 2.05) is 41.3 Å². The van der Waals surface area contributed by atoms with Crippen LogP contribution >= 0.6 is 24.8 Å². The summed E-state index contributed by atoms with van der Waals surface area (Å²) in [6, 6.07) is 14.4. The number of halogens is 3. The third-order valence-corrected chi connectivity index (χ3v) is 4.97. The Kier molecular flexibility index (Phi) is 10.4. The molecule has 29 heavy (non-hydrogen) atoms. The summed E-state index contributed by atoms with van der Waals surface area (Å²) in [4.78, 5) is 16.6. The number of carbonyl (C=O) groups excluding carboxylic acids is 1. The molecule has 0 radical (unpaired) electrons. The largest absolute Gasteiger partial charge is 0.494 e. The summed E-state index contributed by atoms with van der Waals surface area (Å²) in [5.41, 5.74) is 8.05. The van der Waals surface area contributed by atoms with Gasteiger partial charge in [0.05, 0.1) is 7.11 Å². The number of methoxy groups -OCH3 is 1. The van der Waals surface area contributed by atoms with Gasteiger partial charge in [-0.3, -0.25) is 9.69 Å². The van der Waals surface area contributed by atoms with Crippen molar-refractivity contribution in [3.05, 3.63) is 65.5 Å². The predicted octanol–water partition coefficient (Wildman–Crippen LogP) is 3.41. The maximum atomic E-state index is 13.8. The number of piperazine rings is 1. The van der Waals surface area contributed by atoms with Crippen molar-refractivity contribution < 1.29 is 13.9 Å². The van der Waals surface area contributed by atoms with E-state index in [0.29, 0.717) is 26.1 Å². The second-order valence-corrected chi connectivity index (χ2v) is 6.85. The Labute approximate surface area is 183 Å². The molecule has 0 aromatic heterocycles. The SMILES string of the molecule is COc1ccc(CN2CCN(C(=O)CC(N)c3ccccc3)CC2)cc1F.Cl.Cl. The maximum Gasteiger partial charge on any atom is 0.224 e. The van der Waals surface area contributed by atoms with E-state index in [-0.39, 0.29) is 48.3 Å². The molecule has 5 nitrogen and oxygen atoms in total. The first-order chi connectivity index (χ1) is 13.1. The molecular weight excluding hydrogens is 416 g/mol. The molecule has 2 aromatic rings. The molecule has 3 rings (SSSR count). The van der Waals surface area contributed by atoms with Gasteiger partial charge in [-0.2, -0.15) is 0 Å². The summed E-state index contributed by atoms with van der Waals surface area (Å²) in [5.74, 6) is -0.0101. The highest BCUT2D eigenvalue weighted by molar-refractivity contribution is 5.85. The van der Waals surface area contributed by atoms with Crippen molar-refractivity contribution in [2.45, 2.75) is 19.0 Å². The number of nitrogens with zero attached hydrogens (tertiary/aromatic N) is 2. The molecule has 1 fully saturated rings. The first kappa shape index (κ1) is 25.2. The van der Waals surface area contributed by atoms with Gasteiger partial charge in [0.25, 0.3) is 0 Å². The Morgan fingerprint density at radius 3 is 2.34 bits per heavy atom. The average Bonchev–Trinajstić information content (AvgIpc) is 2.69. The van der Waals surface area contributed by atoms with E-state index in [2.05, 4.69) is 4.90 Å². The zero-order valence-electron chi connectivity index (χ0n) is 16.4. The zero-order chi connectivity index (χ0) is 19.2. The summed E-state index contributed by atoms with van der Waals surface area (Å²) >= 11 is 0. The van der Waals surface area contributed by atoms with Crippen LogP contribution in [0.5, 0.6) is 5.75 Å². The molecule has 0 aliphatic carbocycles. The summed E-state index contributed by atoms with van der Waals surface area (Å²) in [7, 11) is 1.46. The highest BCUT2D eigenvalue weighted by atomic mass is 35.5. The second-order valence-electron chi connectivity index (χ2n) is 6.85. The quantitative estimate of drug-likeness (QED) is 0.742. The van der Waals surface area contributed by atoms with E-state index in [4.69, 9.17) is 10.5 Å². The third-order valence-electron chi connectivity index (χ3n) is 4.97. The van der Waals surface area contributed by atoms with Gasteiger partial charge >= 0.3 is 0 Å². The van der Waals surface area contributed by atoms with E-state index in [1.165, 1.54) is 13.2 Å². The Morgan fingerprint density at radius 2 is 1.76 bits per heavy atom. The number of hydrogen-bond acceptors (Lipinski definition) is 4. The average molecular weight is 444 g/mol. The lowest BCUT2D eigenvalue weighted by molar-refractivity contribution is -0.133. The molecule has 1 aliphatic rings. The monoisotopic (exact) mass is 443 g/mol. The van der Waals surface area contributed by atoms with Crippen molar-refractivity contribution in [1.82, 2.24) is 9.80 Å². The molecule has 0 spiro atoms. The molecule has 0 bridgehead atoms. The molecular formula is C21H28Cl2FN3O2. The number of amides is 1. The smallest absolute Gasteiger partial charge is 0.224 e. The Hall–Kier alpha value is -1.86. The van der Waals surface area contributed by atoms with Crippen LogP contribution in [0.4, 0.5) is 4.39 Å². The molecule has 1 unspecified atom stereocenters. The van der Waals surface area contributed by atoms with E-state index >= 15 is 0 Å². The number of nitrogens with two attached hydrogens (primary N) is 1. The summed E-state index contributed by atoms with van der Waals surface area (Å²) in [5, 5.41) is 0. The predicted molar refractivity (Wildman–Crippen MR) is 117 cm³/mol. The number of rotatable bonds is 6. The topological polar surface area (TPSA) is 58.8 Å². The number of ether oxygens (including phenoxy) is 1. The van der Waals surface area contributed by atoms with E-state index in [9.17, 15) is 9.18 Å². The number of benzene rings is 2. The third kappa shape index (κ3) is 6.85. The fourth-order valence-corrected chi connectivity index (χ4v) is 3.36. The minimum absolute atomic E-state index is 0. The second kappa shape index (κ2) is 12.0. The fourth-order valence-electron chi connectivity index (χ4n) is 3.36. The normalized spacial score (nSPS) is 15.1. The summed E-state index contributed by atoms with van der Waals surface area (Å²) in [6.07, 6.45) is 0.313. The summed E-state index contributed by atoms with van der Waals surface area (Å²) in [6.45, 7) is 3.52. The van der Waals surface area contributed by atoms with Gasteiger partial charge in [0.1, 0.15) is 0 Å². The molecule has 1 aliphatic heterocycles. The maximum absolute atomic E-state index is 13.8. The van der Waals surface area contributed by atoms with Crippen LogP contribution in [0.1, 0.15) is 23.6 Å². The number of carbonyl (C=O) groups is 1.